The minimum absolute atomic E-state index is 0.310. The van der Waals surface area contributed by atoms with E-state index in [0.29, 0.717) is 24.7 Å². The van der Waals surface area contributed by atoms with Crippen LogP contribution in [0.1, 0.15) is 36.5 Å². The molecule has 0 saturated carbocycles. The van der Waals surface area contributed by atoms with Gasteiger partial charge in [-0.25, -0.2) is 9.97 Å². The molecule has 0 atom stereocenters. The molecule has 0 bridgehead atoms. The van der Waals surface area contributed by atoms with Gasteiger partial charge in [0.2, 0.25) is 5.95 Å². The lowest BCUT2D eigenvalue weighted by Gasteiger charge is -2.30. The molecule has 4 nitrogen and oxygen atoms in total. The zero-order valence-electron chi connectivity index (χ0n) is 15.1. The third-order valence-electron chi connectivity index (χ3n) is 4.81. The molecule has 0 aliphatic carbocycles. The lowest BCUT2D eigenvalue weighted by Crippen LogP contribution is -2.33. The molecule has 27 heavy (non-hydrogen) atoms. The summed E-state index contributed by atoms with van der Waals surface area (Å²) in [7, 11) is 0. The zero-order valence-corrected chi connectivity index (χ0v) is 15.1. The number of aromatic nitrogens is 2. The summed E-state index contributed by atoms with van der Waals surface area (Å²) in [5.74, 6) is 0.310. The molecule has 1 aromatic heterocycles. The number of hydrogen-bond acceptors (Lipinski definition) is 4. The van der Waals surface area contributed by atoms with Gasteiger partial charge in [-0.1, -0.05) is 24.8 Å². The Morgan fingerprint density at radius 2 is 1.96 bits per heavy atom. The molecule has 0 radical (unpaired) electrons. The first-order valence-electron chi connectivity index (χ1n) is 8.65. The number of alkyl halides is 3. The molecule has 1 saturated heterocycles. The van der Waals surface area contributed by atoms with Gasteiger partial charge < -0.3 is 10.6 Å². The maximum absolute atomic E-state index is 12.7. The van der Waals surface area contributed by atoms with Crippen LogP contribution in [-0.2, 0) is 6.18 Å². The van der Waals surface area contributed by atoms with E-state index in [1.807, 2.05) is 30.0 Å². The number of hydrogen-bond donors (Lipinski definition) is 1. The lowest BCUT2D eigenvalue weighted by molar-refractivity contribution is -0.138. The number of benzene rings is 1. The van der Waals surface area contributed by atoms with Crippen molar-refractivity contribution < 1.29 is 13.2 Å². The fourth-order valence-electron chi connectivity index (χ4n) is 3.31. The SMILES string of the molecule is C=Cc1c(N)cccc1/C(C)=C1/CCCN(c2ncc(C(F)(F)F)cn2)C1. The van der Waals surface area contributed by atoms with Gasteiger partial charge in [0, 0.05) is 36.7 Å². The molecule has 3 rings (SSSR count). The highest BCUT2D eigenvalue weighted by atomic mass is 19.4. The van der Waals surface area contributed by atoms with Crippen molar-refractivity contribution in [3.8, 4) is 0 Å². The van der Waals surface area contributed by atoms with Crippen molar-refractivity contribution in [2.75, 3.05) is 23.7 Å². The third kappa shape index (κ3) is 3.97. The van der Waals surface area contributed by atoms with Crippen LogP contribution in [0.5, 0.6) is 0 Å². The number of rotatable bonds is 3. The Bertz CT molecular complexity index is 870. The van der Waals surface area contributed by atoms with Crippen molar-refractivity contribution in [1.29, 1.82) is 0 Å². The van der Waals surface area contributed by atoms with Crippen LogP contribution in [0.2, 0.25) is 0 Å². The van der Waals surface area contributed by atoms with Gasteiger partial charge in [-0.15, -0.1) is 0 Å². The molecule has 0 unspecified atom stereocenters. The van der Waals surface area contributed by atoms with Gasteiger partial charge in [-0.2, -0.15) is 13.2 Å². The zero-order chi connectivity index (χ0) is 19.6. The Labute approximate surface area is 156 Å². The Morgan fingerprint density at radius 1 is 1.26 bits per heavy atom. The largest absolute Gasteiger partial charge is 0.419 e. The van der Waals surface area contributed by atoms with Crippen LogP contribution in [0.15, 0.2) is 42.7 Å². The highest BCUT2D eigenvalue weighted by Gasteiger charge is 2.31. The monoisotopic (exact) mass is 374 g/mol. The summed E-state index contributed by atoms with van der Waals surface area (Å²) in [5, 5.41) is 0. The van der Waals surface area contributed by atoms with Crippen molar-refractivity contribution in [2.45, 2.75) is 25.9 Å². The summed E-state index contributed by atoms with van der Waals surface area (Å²) in [6.07, 6.45) is 0.767. The van der Waals surface area contributed by atoms with Crippen LogP contribution < -0.4 is 10.6 Å². The maximum Gasteiger partial charge on any atom is 0.419 e. The molecule has 2 heterocycles. The molecule has 0 spiro atoms. The fraction of sp³-hybridized carbons (Fsp3) is 0.300. The van der Waals surface area contributed by atoms with Crippen LogP contribution in [-0.4, -0.2) is 23.1 Å². The van der Waals surface area contributed by atoms with Gasteiger partial charge in [0.1, 0.15) is 0 Å². The van der Waals surface area contributed by atoms with Crippen LogP contribution in [0, 0.1) is 0 Å². The first-order chi connectivity index (χ1) is 12.8. The van der Waals surface area contributed by atoms with E-state index < -0.39 is 11.7 Å². The van der Waals surface area contributed by atoms with E-state index >= 15 is 0 Å². The molecule has 2 N–H and O–H groups in total. The minimum atomic E-state index is -4.43. The average molecular weight is 374 g/mol. The number of anilines is 2. The molecular weight excluding hydrogens is 353 g/mol. The second-order valence-corrected chi connectivity index (χ2v) is 6.54. The Kier molecular flexibility index (Phi) is 5.21. The van der Waals surface area contributed by atoms with Crippen molar-refractivity contribution >= 4 is 23.3 Å². The van der Waals surface area contributed by atoms with E-state index in [2.05, 4.69) is 16.5 Å². The van der Waals surface area contributed by atoms with Crippen molar-refractivity contribution in [3.63, 3.8) is 0 Å². The Hall–Kier alpha value is -2.83. The molecule has 2 aromatic rings. The first-order valence-corrected chi connectivity index (χ1v) is 8.65. The normalized spacial score (nSPS) is 17.0. The van der Waals surface area contributed by atoms with Crippen LogP contribution in [0.4, 0.5) is 24.8 Å². The molecule has 1 aromatic carbocycles. The van der Waals surface area contributed by atoms with Crippen molar-refractivity contribution in [3.05, 3.63) is 59.4 Å². The first kappa shape index (κ1) is 18.9. The van der Waals surface area contributed by atoms with Crippen LogP contribution in [0.3, 0.4) is 0 Å². The molecule has 1 aliphatic heterocycles. The predicted molar refractivity (Wildman–Crippen MR) is 102 cm³/mol. The second-order valence-electron chi connectivity index (χ2n) is 6.54. The standard InChI is InChI=1S/C20H21F3N4/c1-3-16-17(7-4-8-18(16)24)13(2)14-6-5-9-27(12-14)19-25-10-15(11-26-19)20(21,22)23/h3-4,7-8,10-11H,1,5-6,9,12,24H2,2H3/b14-13-. The molecule has 0 amide bonds. The molecule has 1 aliphatic rings. The van der Waals surface area contributed by atoms with E-state index in [4.69, 9.17) is 5.73 Å². The summed E-state index contributed by atoms with van der Waals surface area (Å²) in [6, 6.07) is 5.74. The number of piperidine rings is 1. The van der Waals surface area contributed by atoms with E-state index in [-0.39, 0.29) is 0 Å². The molecule has 142 valence electrons. The number of nitrogens with zero attached hydrogens (tertiary/aromatic N) is 3. The van der Waals surface area contributed by atoms with E-state index in [1.54, 1.807) is 6.08 Å². The minimum Gasteiger partial charge on any atom is -0.398 e. The average Bonchev–Trinajstić information content (AvgIpc) is 2.66. The maximum atomic E-state index is 12.7. The number of nitrogen functional groups attached to an aromatic ring is 1. The van der Waals surface area contributed by atoms with Gasteiger partial charge in [-0.05, 0) is 42.5 Å². The molecular formula is C20H21F3N4. The van der Waals surface area contributed by atoms with Crippen molar-refractivity contribution in [2.24, 2.45) is 0 Å². The summed E-state index contributed by atoms with van der Waals surface area (Å²) in [4.78, 5) is 9.74. The summed E-state index contributed by atoms with van der Waals surface area (Å²) in [5.41, 5.74) is 10.1. The van der Waals surface area contributed by atoms with E-state index in [1.165, 1.54) is 5.57 Å². The Balaban J connectivity index is 1.89. The number of nitrogens with two attached hydrogens (primary N) is 1. The Morgan fingerprint density at radius 3 is 2.59 bits per heavy atom. The topological polar surface area (TPSA) is 55.0 Å². The number of allylic oxidation sites excluding steroid dienone is 1. The van der Waals surface area contributed by atoms with Gasteiger partial charge in [-0.3, -0.25) is 0 Å². The van der Waals surface area contributed by atoms with Gasteiger partial charge in [0.15, 0.2) is 0 Å². The van der Waals surface area contributed by atoms with Gasteiger partial charge in [0.25, 0.3) is 0 Å². The summed E-state index contributed by atoms with van der Waals surface area (Å²) in [6.45, 7) is 7.16. The number of halogens is 3. The quantitative estimate of drug-likeness (QED) is 0.785. The van der Waals surface area contributed by atoms with Gasteiger partial charge in [0.05, 0.1) is 5.56 Å². The van der Waals surface area contributed by atoms with Crippen LogP contribution >= 0.6 is 0 Å². The highest BCUT2D eigenvalue weighted by molar-refractivity contribution is 5.80. The molecule has 7 heteroatoms. The van der Waals surface area contributed by atoms with E-state index in [0.717, 1.165) is 41.9 Å². The highest BCUT2D eigenvalue weighted by Crippen LogP contribution is 2.32. The third-order valence-corrected chi connectivity index (χ3v) is 4.81. The van der Waals surface area contributed by atoms with Crippen LogP contribution in [0.25, 0.3) is 11.6 Å². The summed E-state index contributed by atoms with van der Waals surface area (Å²) < 4.78 is 38.1. The van der Waals surface area contributed by atoms with E-state index in [9.17, 15) is 13.2 Å². The molecule has 1 fully saturated rings. The summed E-state index contributed by atoms with van der Waals surface area (Å²) >= 11 is 0. The van der Waals surface area contributed by atoms with Gasteiger partial charge >= 0.3 is 6.18 Å². The second kappa shape index (κ2) is 7.42. The smallest absolute Gasteiger partial charge is 0.398 e. The fourth-order valence-corrected chi connectivity index (χ4v) is 3.31. The lowest BCUT2D eigenvalue weighted by atomic mass is 9.91. The van der Waals surface area contributed by atoms with Crippen molar-refractivity contribution in [1.82, 2.24) is 9.97 Å². The predicted octanol–water partition coefficient (Wildman–Crippen LogP) is 4.79.